The number of nitrogens with one attached hydrogen (secondary N) is 2. The maximum atomic E-state index is 12.2. The number of hydrogen-bond donors (Lipinski definition) is 2. The van der Waals surface area contributed by atoms with E-state index in [1.165, 1.54) is 36.9 Å². The number of amides is 2. The summed E-state index contributed by atoms with van der Waals surface area (Å²) in [6.45, 7) is 10.7. The molecule has 5 nitrogen and oxygen atoms in total. The van der Waals surface area contributed by atoms with Crippen molar-refractivity contribution < 1.29 is 4.79 Å². The molecular formula is C23H38N4O. The number of benzene rings is 1. The summed E-state index contributed by atoms with van der Waals surface area (Å²) >= 11 is 0. The summed E-state index contributed by atoms with van der Waals surface area (Å²) in [4.78, 5) is 17.3. The zero-order chi connectivity index (χ0) is 19.8. The highest BCUT2D eigenvalue weighted by Crippen LogP contribution is 2.17. The number of rotatable bonds is 7. The second-order valence-electron chi connectivity index (χ2n) is 8.61. The number of likely N-dealkylation sites (tertiary alicyclic amines) is 2. The van der Waals surface area contributed by atoms with Crippen molar-refractivity contribution in [3.8, 4) is 0 Å². The Morgan fingerprint density at radius 3 is 2.64 bits per heavy atom. The summed E-state index contributed by atoms with van der Waals surface area (Å²) in [5, 5.41) is 6.22. The lowest BCUT2D eigenvalue weighted by molar-refractivity contribution is 0.158. The number of hydrogen-bond acceptors (Lipinski definition) is 3. The molecule has 1 aromatic carbocycles. The molecule has 2 aliphatic rings. The molecule has 0 radical (unpaired) electrons. The molecule has 1 atom stereocenters. The van der Waals surface area contributed by atoms with Crippen LogP contribution < -0.4 is 10.6 Å². The van der Waals surface area contributed by atoms with E-state index < -0.39 is 0 Å². The Morgan fingerprint density at radius 2 is 1.89 bits per heavy atom. The van der Waals surface area contributed by atoms with Crippen LogP contribution in [0.3, 0.4) is 0 Å². The predicted octanol–water partition coefficient (Wildman–Crippen LogP) is 3.52. The number of urea groups is 1. The Labute approximate surface area is 170 Å². The molecule has 2 N–H and O–H groups in total. The van der Waals surface area contributed by atoms with Gasteiger partial charge in [-0.3, -0.25) is 4.90 Å². The molecule has 5 heteroatoms. The Balaban J connectivity index is 1.28. The van der Waals surface area contributed by atoms with E-state index in [0.29, 0.717) is 12.1 Å². The largest absolute Gasteiger partial charge is 0.338 e. The first-order valence-electron chi connectivity index (χ1n) is 11.2. The van der Waals surface area contributed by atoms with Crippen LogP contribution in [0, 0.1) is 6.92 Å². The quantitative estimate of drug-likeness (QED) is 0.705. The van der Waals surface area contributed by atoms with Crippen molar-refractivity contribution in [2.24, 2.45) is 0 Å². The van der Waals surface area contributed by atoms with Gasteiger partial charge in [-0.1, -0.05) is 30.7 Å². The van der Waals surface area contributed by atoms with Crippen LogP contribution in [-0.2, 0) is 6.54 Å². The van der Waals surface area contributed by atoms with Crippen LogP contribution in [0.15, 0.2) is 24.3 Å². The maximum Gasteiger partial charge on any atom is 0.315 e. The highest BCUT2D eigenvalue weighted by atomic mass is 16.2. The van der Waals surface area contributed by atoms with Gasteiger partial charge < -0.3 is 15.5 Å². The molecule has 1 aromatic rings. The van der Waals surface area contributed by atoms with E-state index in [1.54, 1.807) is 0 Å². The van der Waals surface area contributed by atoms with Gasteiger partial charge in [-0.05, 0) is 63.6 Å². The van der Waals surface area contributed by atoms with Gasteiger partial charge in [-0.15, -0.1) is 0 Å². The van der Waals surface area contributed by atoms with E-state index in [1.807, 2.05) is 0 Å². The lowest BCUT2D eigenvalue weighted by Crippen LogP contribution is -2.48. The maximum absolute atomic E-state index is 12.2. The minimum Gasteiger partial charge on any atom is -0.338 e. The molecule has 28 heavy (non-hydrogen) atoms. The third kappa shape index (κ3) is 6.49. The van der Waals surface area contributed by atoms with Crippen molar-refractivity contribution in [2.75, 3.05) is 32.7 Å². The molecule has 2 saturated heterocycles. The monoisotopic (exact) mass is 386 g/mol. The molecule has 0 aromatic heterocycles. The summed E-state index contributed by atoms with van der Waals surface area (Å²) in [5.41, 5.74) is 2.77. The van der Waals surface area contributed by atoms with Gasteiger partial charge >= 0.3 is 6.03 Å². The van der Waals surface area contributed by atoms with Gasteiger partial charge in [0.25, 0.3) is 0 Å². The standard InChI is InChI=1S/C23H38N4O/c1-19-8-3-4-10-21(19)18-26-16-11-22(12-17-26)25-23(28)24-13-7-15-27-14-6-5-9-20(27)2/h3-4,8,10,20,22H,5-7,9,11-18H2,1-2H3,(H2,24,25,28). The van der Waals surface area contributed by atoms with Crippen LogP contribution >= 0.6 is 0 Å². The fourth-order valence-electron chi connectivity index (χ4n) is 4.47. The normalized spacial score (nSPS) is 22.1. The Bertz CT molecular complexity index is 612. The van der Waals surface area contributed by atoms with Crippen molar-refractivity contribution in [3.05, 3.63) is 35.4 Å². The van der Waals surface area contributed by atoms with Crippen LogP contribution in [0.25, 0.3) is 0 Å². The van der Waals surface area contributed by atoms with E-state index in [9.17, 15) is 4.79 Å². The Morgan fingerprint density at radius 1 is 1.11 bits per heavy atom. The molecule has 2 fully saturated rings. The van der Waals surface area contributed by atoms with Gasteiger partial charge in [0.1, 0.15) is 0 Å². The highest BCUT2D eigenvalue weighted by Gasteiger charge is 2.21. The van der Waals surface area contributed by atoms with Gasteiger partial charge in [-0.2, -0.15) is 0 Å². The second-order valence-corrected chi connectivity index (χ2v) is 8.61. The van der Waals surface area contributed by atoms with Gasteiger partial charge in [0.2, 0.25) is 0 Å². The number of carbonyl (C=O) groups excluding carboxylic acids is 1. The van der Waals surface area contributed by atoms with Gasteiger partial charge in [0.15, 0.2) is 0 Å². The van der Waals surface area contributed by atoms with Crippen molar-refractivity contribution >= 4 is 6.03 Å². The first kappa shape index (κ1) is 21.1. The average molecular weight is 387 g/mol. The Kier molecular flexibility index (Phi) is 8.16. The minimum atomic E-state index is 0.00375. The smallest absolute Gasteiger partial charge is 0.315 e. The van der Waals surface area contributed by atoms with Gasteiger partial charge in [0.05, 0.1) is 0 Å². The highest BCUT2D eigenvalue weighted by molar-refractivity contribution is 5.74. The number of piperidine rings is 2. The van der Waals surface area contributed by atoms with Crippen molar-refractivity contribution in [1.82, 2.24) is 20.4 Å². The van der Waals surface area contributed by atoms with Crippen LogP contribution in [0.5, 0.6) is 0 Å². The van der Waals surface area contributed by atoms with Gasteiger partial charge in [-0.25, -0.2) is 4.79 Å². The molecule has 0 spiro atoms. The van der Waals surface area contributed by atoms with Crippen LogP contribution in [-0.4, -0.2) is 60.6 Å². The lowest BCUT2D eigenvalue weighted by Gasteiger charge is -2.33. The summed E-state index contributed by atoms with van der Waals surface area (Å²) in [7, 11) is 0. The van der Waals surface area contributed by atoms with Crippen molar-refractivity contribution in [3.63, 3.8) is 0 Å². The molecular weight excluding hydrogens is 348 g/mol. The molecule has 1 unspecified atom stereocenters. The lowest BCUT2D eigenvalue weighted by atomic mass is 10.0. The molecule has 0 saturated carbocycles. The van der Waals surface area contributed by atoms with Crippen LogP contribution in [0.1, 0.15) is 56.6 Å². The molecule has 0 bridgehead atoms. The third-order valence-electron chi connectivity index (χ3n) is 6.43. The topological polar surface area (TPSA) is 47.6 Å². The summed E-state index contributed by atoms with van der Waals surface area (Å²) in [6, 6.07) is 9.62. The molecule has 3 rings (SSSR count). The zero-order valence-corrected chi connectivity index (χ0v) is 17.8. The molecule has 0 aliphatic carbocycles. The number of aryl methyl sites for hydroxylation is 1. The number of nitrogens with zero attached hydrogens (tertiary/aromatic N) is 2. The first-order valence-corrected chi connectivity index (χ1v) is 11.2. The van der Waals surface area contributed by atoms with Crippen molar-refractivity contribution in [1.29, 1.82) is 0 Å². The van der Waals surface area contributed by atoms with Crippen LogP contribution in [0.2, 0.25) is 0 Å². The molecule has 156 valence electrons. The fraction of sp³-hybridized carbons (Fsp3) is 0.696. The SMILES string of the molecule is Cc1ccccc1CN1CCC(NC(=O)NCCCN2CCCCC2C)CC1. The fourth-order valence-corrected chi connectivity index (χ4v) is 4.47. The first-order chi connectivity index (χ1) is 13.6. The van der Waals surface area contributed by atoms with E-state index in [0.717, 1.165) is 52.0 Å². The second kappa shape index (κ2) is 10.8. The molecule has 2 aliphatic heterocycles. The van der Waals surface area contributed by atoms with E-state index in [4.69, 9.17) is 0 Å². The molecule has 2 heterocycles. The summed E-state index contributed by atoms with van der Waals surface area (Å²) in [6.07, 6.45) is 7.10. The third-order valence-corrected chi connectivity index (χ3v) is 6.43. The van der Waals surface area contributed by atoms with E-state index >= 15 is 0 Å². The Hall–Kier alpha value is -1.59. The zero-order valence-electron chi connectivity index (χ0n) is 17.8. The average Bonchev–Trinajstić information content (AvgIpc) is 2.70. The molecule has 2 amide bonds. The summed E-state index contributed by atoms with van der Waals surface area (Å²) < 4.78 is 0. The van der Waals surface area contributed by atoms with Crippen LogP contribution in [0.4, 0.5) is 4.79 Å². The van der Waals surface area contributed by atoms with Crippen molar-refractivity contribution in [2.45, 2.75) is 71.0 Å². The van der Waals surface area contributed by atoms with E-state index in [-0.39, 0.29) is 6.03 Å². The predicted molar refractivity (Wildman–Crippen MR) is 116 cm³/mol. The number of carbonyl (C=O) groups is 1. The minimum absolute atomic E-state index is 0.00375. The van der Waals surface area contributed by atoms with Gasteiger partial charge in [0, 0.05) is 44.8 Å². The van der Waals surface area contributed by atoms with E-state index in [2.05, 4.69) is 58.5 Å². The summed E-state index contributed by atoms with van der Waals surface area (Å²) in [5.74, 6) is 0.